The van der Waals surface area contributed by atoms with Crippen molar-refractivity contribution in [2.24, 2.45) is 10.9 Å². The molecule has 10 nitrogen and oxygen atoms in total. The molecule has 3 heterocycles. The van der Waals surface area contributed by atoms with Crippen molar-refractivity contribution in [3.63, 3.8) is 0 Å². The van der Waals surface area contributed by atoms with E-state index in [2.05, 4.69) is 10.3 Å². The zero-order valence-corrected chi connectivity index (χ0v) is 28.4. The zero-order chi connectivity index (χ0) is 34.7. The lowest BCUT2D eigenvalue weighted by Crippen LogP contribution is -2.53. The highest BCUT2D eigenvalue weighted by Gasteiger charge is 2.42. The van der Waals surface area contributed by atoms with Gasteiger partial charge in [-0.25, -0.2) is 23.4 Å². The maximum Gasteiger partial charge on any atom is 0.338 e. The number of anilines is 1. The molecule has 254 valence electrons. The highest BCUT2D eigenvalue weighted by Crippen LogP contribution is 2.38. The van der Waals surface area contributed by atoms with Crippen LogP contribution in [0.1, 0.15) is 63.9 Å². The van der Waals surface area contributed by atoms with E-state index >= 15 is 4.39 Å². The van der Waals surface area contributed by atoms with E-state index in [1.807, 2.05) is 4.90 Å². The van der Waals surface area contributed by atoms with Crippen LogP contribution in [0.3, 0.4) is 0 Å². The first-order valence-electron chi connectivity index (χ1n) is 15.7. The molecule has 0 saturated carbocycles. The highest BCUT2D eigenvalue weighted by atomic mass is 32.1. The fourth-order valence-electron chi connectivity index (χ4n) is 6.37. The number of carbonyl (C=O) groups is 3. The monoisotopic (exact) mass is 679 g/mol. The van der Waals surface area contributed by atoms with E-state index in [1.165, 1.54) is 35.3 Å². The number of amidine groups is 1. The van der Waals surface area contributed by atoms with E-state index in [-0.39, 0.29) is 43.8 Å². The van der Waals surface area contributed by atoms with Gasteiger partial charge < -0.3 is 20.1 Å². The number of aromatic nitrogens is 1. The van der Waals surface area contributed by atoms with Gasteiger partial charge >= 0.3 is 11.9 Å². The molecule has 0 radical (unpaired) electrons. The van der Waals surface area contributed by atoms with Crippen molar-refractivity contribution >= 4 is 41.2 Å². The predicted octanol–water partition coefficient (Wildman–Crippen LogP) is 5.53. The van der Waals surface area contributed by atoms with Gasteiger partial charge in [0.1, 0.15) is 17.5 Å². The van der Waals surface area contributed by atoms with Crippen LogP contribution in [0, 0.1) is 32.5 Å². The second-order valence-corrected chi connectivity index (χ2v) is 13.3. The van der Waals surface area contributed by atoms with Gasteiger partial charge in [-0.15, -0.1) is 11.3 Å². The van der Waals surface area contributed by atoms with Crippen molar-refractivity contribution in [3.05, 3.63) is 91.8 Å². The summed E-state index contributed by atoms with van der Waals surface area (Å²) in [5.74, 6) is -2.38. The number of thiazole rings is 1. The summed E-state index contributed by atoms with van der Waals surface area (Å²) in [7, 11) is 0. The van der Waals surface area contributed by atoms with E-state index in [4.69, 9.17) is 9.73 Å². The van der Waals surface area contributed by atoms with Crippen LogP contribution in [0.4, 0.5) is 14.5 Å². The summed E-state index contributed by atoms with van der Waals surface area (Å²) in [6.07, 6.45) is 2.40. The molecule has 5 rings (SSSR count). The van der Waals surface area contributed by atoms with Crippen molar-refractivity contribution < 1.29 is 33.0 Å². The van der Waals surface area contributed by atoms with Crippen LogP contribution in [0.5, 0.6) is 0 Å². The van der Waals surface area contributed by atoms with Gasteiger partial charge in [0.15, 0.2) is 10.8 Å². The molecule has 1 aromatic heterocycles. The molecule has 3 atom stereocenters. The molecular formula is C35H39F2N5O5S. The maximum absolute atomic E-state index is 16.2. The van der Waals surface area contributed by atoms with Crippen LogP contribution < -0.4 is 10.2 Å². The highest BCUT2D eigenvalue weighted by molar-refractivity contribution is 7.11. The first kappa shape index (κ1) is 34.8. The molecule has 48 heavy (non-hydrogen) atoms. The van der Waals surface area contributed by atoms with Gasteiger partial charge in [-0.05, 0) is 75.4 Å². The Balaban J connectivity index is 1.50. The molecule has 3 aromatic rings. The standard InChI is InChI=1S/C35H39F2N5O5S/c1-6-47-34(46)29-27(39-31(32-38-11-13-48-32)40-30(29)24-8-7-9-26(36)22(24)4)18-41-12-10-35(5,37)23(16-41)17-42(19-43)28-15-25(33(44)45)20(2)14-21(28)3/h7-9,11,13-15,19,23,30H,6,10,12,16-18H2,1-5H3,(H,39,40)(H,44,45)/t23?,30-,35?/m0/s1. The van der Waals surface area contributed by atoms with Crippen LogP contribution in [-0.4, -0.2) is 77.6 Å². The fraction of sp³-hybridized carbons (Fsp3) is 0.400. The smallest absolute Gasteiger partial charge is 0.338 e. The molecule has 1 amide bonds. The number of aryl methyl sites for hydroxylation is 2. The maximum atomic E-state index is 16.2. The Morgan fingerprint density at radius 2 is 2.02 bits per heavy atom. The minimum absolute atomic E-state index is 0.00407. The number of hydrogen-bond acceptors (Lipinski definition) is 9. The first-order chi connectivity index (χ1) is 22.8. The number of amides is 1. The second-order valence-electron chi connectivity index (χ2n) is 12.4. The number of carboxylic acid groups (broad SMARTS) is 1. The van der Waals surface area contributed by atoms with E-state index in [1.54, 1.807) is 57.5 Å². The van der Waals surface area contributed by atoms with E-state index < -0.39 is 35.4 Å². The van der Waals surface area contributed by atoms with Gasteiger partial charge in [-0.3, -0.25) is 14.7 Å². The predicted molar refractivity (Wildman–Crippen MR) is 180 cm³/mol. The number of aromatic carboxylic acids is 1. The van der Waals surface area contributed by atoms with Crippen molar-refractivity contribution in [1.82, 2.24) is 15.2 Å². The van der Waals surface area contributed by atoms with Gasteiger partial charge in [0.05, 0.1) is 17.7 Å². The quantitative estimate of drug-likeness (QED) is 0.201. The number of likely N-dealkylation sites (tertiary alicyclic amines) is 1. The number of benzene rings is 2. The molecule has 2 aliphatic rings. The molecular weight excluding hydrogens is 640 g/mol. The molecule has 1 fully saturated rings. The molecule has 0 bridgehead atoms. The van der Waals surface area contributed by atoms with Crippen molar-refractivity contribution in [1.29, 1.82) is 0 Å². The van der Waals surface area contributed by atoms with Gasteiger partial charge in [-0.2, -0.15) is 0 Å². The number of hydrogen-bond donors (Lipinski definition) is 2. The molecule has 2 aromatic carbocycles. The average molecular weight is 680 g/mol. The minimum Gasteiger partial charge on any atom is -0.478 e. The van der Waals surface area contributed by atoms with Crippen LogP contribution in [-0.2, 0) is 14.3 Å². The van der Waals surface area contributed by atoms with Crippen molar-refractivity contribution in [3.8, 4) is 0 Å². The number of halogens is 2. The lowest BCUT2D eigenvalue weighted by Gasteiger charge is -2.43. The fourth-order valence-corrected chi connectivity index (χ4v) is 6.96. The molecule has 13 heteroatoms. The Hall–Kier alpha value is -4.49. The number of rotatable bonds is 11. The molecule has 2 unspecified atom stereocenters. The number of ether oxygens (including phenoxy) is 1. The molecule has 1 saturated heterocycles. The Bertz CT molecular complexity index is 1770. The third kappa shape index (κ3) is 7.16. The van der Waals surface area contributed by atoms with E-state index in [9.17, 15) is 23.9 Å². The van der Waals surface area contributed by atoms with Crippen LogP contribution in [0.25, 0.3) is 0 Å². The Morgan fingerprint density at radius 3 is 2.69 bits per heavy atom. The summed E-state index contributed by atoms with van der Waals surface area (Å²) < 4.78 is 36.5. The normalized spacial score (nSPS) is 21.4. The first-order valence-corrected chi connectivity index (χ1v) is 16.6. The van der Waals surface area contributed by atoms with Crippen molar-refractivity contribution in [2.75, 3.05) is 37.7 Å². The number of aliphatic imine (C=N–C) groups is 1. The van der Waals surface area contributed by atoms with Crippen LogP contribution >= 0.6 is 11.3 Å². The molecule has 2 aliphatic heterocycles. The summed E-state index contributed by atoms with van der Waals surface area (Å²) >= 11 is 1.36. The van der Waals surface area contributed by atoms with Crippen LogP contribution in [0.2, 0.25) is 0 Å². The van der Waals surface area contributed by atoms with Crippen LogP contribution in [0.15, 0.2) is 58.2 Å². The molecule has 0 aliphatic carbocycles. The zero-order valence-electron chi connectivity index (χ0n) is 27.5. The van der Waals surface area contributed by atoms with Gasteiger partial charge in [0.25, 0.3) is 0 Å². The number of carboxylic acids is 1. The van der Waals surface area contributed by atoms with Gasteiger partial charge in [0.2, 0.25) is 6.41 Å². The van der Waals surface area contributed by atoms with E-state index in [0.29, 0.717) is 57.4 Å². The Morgan fingerprint density at radius 1 is 1.25 bits per heavy atom. The van der Waals surface area contributed by atoms with E-state index in [0.717, 1.165) is 0 Å². The average Bonchev–Trinajstić information content (AvgIpc) is 3.58. The Labute approximate surface area is 282 Å². The summed E-state index contributed by atoms with van der Waals surface area (Å²) in [4.78, 5) is 50.4. The number of piperidine rings is 1. The largest absolute Gasteiger partial charge is 0.478 e. The lowest BCUT2D eigenvalue weighted by atomic mass is 9.83. The number of carbonyl (C=O) groups excluding carboxylic acids is 2. The number of nitrogens with one attached hydrogen (secondary N) is 1. The number of esters is 1. The summed E-state index contributed by atoms with van der Waals surface area (Å²) in [5, 5.41) is 15.4. The molecule has 2 N–H and O–H groups in total. The number of alkyl halides is 1. The second kappa shape index (κ2) is 14.3. The Kier molecular flexibility index (Phi) is 10.4. The minimum atomic E-state index is -1.64. The summed E-state index contributed by atoms with van der Waals surface area (Å²) in [6.45, 7) is 9.20. The lowest BCUT2D eigenvalue weighted by molar-refractivity contribution is -0.139. The summed E-state index contributed by atoms with van der Waals surface area (Å²) in [6, 6.07) is 6.93. The SMILES string of the molecule is CCOC(=O)C1=C(CN2CCC(C)(F)C(CN(C=O)c3cc(C(=O)O)c(C)cc3C)C2)NC(c2nccs2)=N[C@H]1c1cccc(F)c1C. The van der Waals surface area contributed by atoms with Gasteiger partial charge in [-0.1, -0.05) is 18.2 Å². The molecule has 0 spiro atoms. The third-order valence-electron chi connectivity index (χ3n) is 9.12. The topological polar surface area (TPSA) is 124 Å². The van der Waals surface area contributed by atoms with Gasteiger partial charge in [0, 0.05) is 55.1 Å². The number of nitrogens with zero attached hydrogens (tertiary/aromatic N) is 4. The van der Waals surface area contributed by atoms with Crippen molar-refractivity contribution in [2.45, 2.75) is 52.8 Å². The summed E-state index contributed by atoms with van der Waals surface area (Å²) in [5.41, 5.74) is 1.66. The third-order valence-corrected chi connectivity index (χ3v) is 9.90.